The number of oxazole rings is 1. The van der Waals surface area contributed by atoms with Crippen molar-refractivity contribution in [2.75, 3.05) is 0 Å². The molecule has 0 bridgehead atoms. The molecule has 104 valence electrons. The van der Waals surface area contributed by atoms with Crippen LogP contribution in [0.5, 0.6) is 0 Å². The Bertz CT molecular complexity index is 671. The molecule has 2 aromatic heterocycles. The van der Waals surface area contributed by atoms with Crippen LogP contribution in [-0.2, 0) is 23.0 Å². The van der Waals surface area contributed by atoms with Crippen LogP contribution in [0.3, 0.4) is 0 Å². The van der Waals surface area contributed by atoms with Crippen LogP contribution in [0.1, 0.15) is 29.1 Å². The summed E-state index contributed by atoms with van der Waals surface area (Å²) in [5.41, 5.74) is 0.709. The quantitative estimate of drug-likeness (QED) is 0.920. The third kappa shape index (κ3) is 3.23. The Balaban J connectivity index is 2.11. The predicted molar refractivity (Wildman–Crippen MR) is 73.7 cm³/mol. The molecule has 5 nitrogen and oxygen atoms in total. The van der Waals surface area contributed by atoms with E-state index in [1.165, 1.54) is 11.3 Å². The zero-order valence-corrected chi connectivity index (χ0v) is 12.7. The lowest BCUT2D eigenvalue weighted by Gasteiger charge is -2.02. The van der Waals surface area contributed by atoms with Crippen LogP contribution in [0.25, 0.3) is 0 Å². The molecule has 2 aromatic rings. The molecule has 0 spiro atoms. The Morgan fingerprint density at radius 2 is 2.11 bits per heavy atom. The summed E-state index contributed by atoms with van der Waals surface area (Å²) < 4.78 is 32.4. The van der Waals surface area contributed by atoms with Gasteiger partial charge in [0.1, 0.15) is 9.97 Å². The van der Waals surface area contributed by atoms with Crippen LogP contribution in [0.2, 0.25) is 0 Å². The highest BCUT2D eigenvalue weighted by atomic mass is 32.2. The number of sulfonamides is 1. The standard InChI is InChI=1S/C12H16N2O3S2/c1-4-10-5-6-12(18-10)19(15,16)13-7-11-8(2)14-9(3)17-11/h5-6,13H,4,7H2,1-3H3. The van der Waals surface area contributed by atoms with Gasteiger partial charge in [-0.05, 0) is 25.5 Å². The minimum absolute atomic E-state index is 0.119. The van der Waals surface area contributed by atoms with E-state index in [0.29, 0.717) is 21.6 Å². The zero-order chi connectivity index (χ0) is 14.0. The molecule has 2 rings (SSSR count). The Kier molecular flexibility index (Phi) is 4.07. The van der Waals surface area contributed by atoms with E-state index in [9.17, 15) is 8.42 Å². The van der Waals surface area contributed by atoms with Crippen LogP contribution in [0.15, 0.2) is 20.8 Å². The molecule has 0 unspecified atom stereocenters. The number of nitrogens with one attached hydrogen (secondary N) is 1. The number of hydrogen-bond donors (Lipinski definition) is 1. The van der Waals surface area contributed by atoms with E-state index in [0.717, 1.165) is 11.3 Å². The van der Waals surface area contributed by atoms with E-state index >= 15 is 0 Å². The monoisotopic (exact) mass is 300 g/mol. The summed E-state index contributed by atoms with van der Waals surface area (Å²) in [6, 6.07) is 3.47. The minimum atomic E-state index is -3.47. The lowest BCUT2D eigenvalue weighted by Crippen LogP contribution is -2.22. The highest BCUT2D eigenvalue weighted by Gasteiger charge is 2.18. The van der Waals surface area contributed by atoms with Crippen LogP contribution < -0.4 is 4.72 Å². The van der Waals surface area contributed by atoms with Gasteiger partial charge in [0.15, 0.2) is 5.89 Å². The maximum Gasteiger partial charge on any atom is 0.250 e. The molecule has 0 atom stereocenters. The van der Waals surface area contributed by atoms with Crippen molar-refractivity contribution >= 4 is 21.4 Å². The number of nitrogens with zero attached hydrogens (tertiary/aromatic N) is 1. The Morgan fingerprint density at radius 1 is 1.37 bits per heavy atom. The fourth-order valence-corrected chi connectivity index (χ4v) is 3.98. The van der Waals surface area contributed by atoms with E-state index in [4.69, 9.17) is 4.42 Å². The van der Waals surface area contributed by atoms with Gasteiger partial charge in [0, 0.05) is 11.8 Å². The van der Waals surface area contributed by atoms with Crippen molar-refractivity contribution in [1.82, 2.24) is 9.71 Å². The van der Waals surface area contributed by atoms with Gasteiger partial charge in [-0.15, -0.1) is 11.3 Å². The Hall–Kier alpha value is -1.18. The van der Waals surface area contributed by atoms with Gasteiger partial charge in [-0.25, -0.2) is 18.1 Å². The SMILES string of the molecule is CCc1ccc(S(=O)(=O)NCc2oc(C)nc2C)s1. The molecular formula is C12H16N2O3S2. The van der Waals surface area contributed by atoms with Crippen molar-refractivity contribution in [2.24, 2.45) is 0 Å². The molecule has 19 heavy (non-hydrogen) atoms. The average Bonchev–Trinajstić information content (AvgIpc) is 2.94. The molecule has 0 amide bonds. The van der Waals surface area contributed by atoms with Gasteiger partial charge in [-0.3, -0.25) is 0 Å². The Labute approximate surface area is 116 Å². The van der Waals surface area contributed by atoms with Crippen molar-refractivity contribution in [1.29, 1.82) is 0 Å². The van der Waals surface area contributed by atoms with E-state index in [1.807, 2.05) is 13.0 Å². The first kappa shape index (κ1) is 14.2. The van der Waals surface area contributed by atoms with Crippen molar-refractivity contribution < 1.29 is 12.8 Å². The molecule has 0 saturated heterocycles. The third-order valence-electron chi connectivity index (χ3n) is 2.67. The topological polar surface area (TPSA) is 72.2 Å². The molecule has 0 aromatic carbocycles. The highest BCUT2D eigenvalue weighted by Crippen LogP contribution is 2.22. The zero-order valence-electron chi connectivity index (χ0n) is 11.1. The fourth-order valence-electron chi connectivity index (χ4n) is 1.66. The maximum atomic E-state index is 12.1. The summed E-state index contributed by atoms with van der Waals surface area (Å²) in [5, 5.41) is 0. The van der Waals surface area contributed by atoms with Crippen molar-refractivity contribution in [2.45, 2.75) is 37.9 Å². The Morgan fingerprint density at radius 3 is 2.63 bits per heavy atom. The van der Waals surface area contributed by atoms with Crippen molar-refractivity contribution in [3.8, 4) is 0 Å². The first-order valence-corrected chi connectivity index (χ1v) is 8.23. The molecule has 2 heterocycles. The normalized spacial score (nSPS) is 11.9. The molecular weight excluding hydrogens is 284 g/mol. The lowest BCUT2D eigenvalue weighted by molar-refractivity contribution is 0.467. The smallest absolute Gasteiger partial charge is 0.250 e. The highest BCUT2D eigenvalue weighted by molar-refractivity contribution is 7.91. The van der Waals surface area contributed by atoms with Gasteiger partial charge >= 0.3 is 0 Å². The second-order valence-corrected chi connectivity index (χ2v) is 7.30. The van der Waals surface area contributed by atoms with Crippen LogP contribution in [-0.4, -0.2) is 13.4 Å². The molecule has 0 aliphatic rings. The molecule has 0 aliphatic carbocycles. The summed E-state index contributed by atoms with van der Waals surface area (Å²) in [6.45, 7) is 5.64. The third-order valence-corrected chi connectivity index (χ3v) is 5.80. The van der Waals surface area contributed by atoms with Gasteiger partial charge in [0.05, 0.1) is 12.2 Å². The van der Waals surface area contributed by atoms with Crippen molar-refractivity contribution in [3.63, 3.8) is 0 Å². The first-order chi connectivity index (χ1) is 8.92. The van der Waals surface area contributed by atoms with Gasteiger partial charge < -0.3 is 4.42 Å². The van der Waals surface area contributed by atoms with Gasteiger partial charge in [0.2, 0.25) is 10.0 Å². The summed E-state index contributed by atoms with van der Waals surface area (Å²) in [7, 11) is -3.47. The largest absolute Gasteiger partial charge is 0.444 e. The molecule has 0 fully saturated rings. The number of rotatable bonds is 5. The summed E-state index contributed by atoms with van der Waals surface area (Å²) in [4.78, 5) is 5.15. The van der Waals surface area contributed by atoms with E-state index < -0.39 is 10.0 Å². The molecule has 0 saturated carbocycles. The van der Waals surface area contributed by atoms with Crippen LogP contribution in [0.4, 0.5) is 0 Å². The maximum absolute atomic E-state index is 12.1. The molecule has 0 radical (unpaired) electrons. The second kappa shape index (κ2) is 5.44. The van der Waals surface area contributed by atoms with Crippen LogP contribution in [0, 0.1) is 13.8 Å². The number of aryl methyl sites for hydroxylation is 3. The van der Waals surface area contributed by atoms with E-state index in [-0.39, 0.29) is 6.54 Å². The predicted octanol–water partition coefficient (Wildman–Crippen LogP) is 2.39. The summed E-state index contributed by atoms with van der Waals surface area (Å²) in [6.07, 6.45) is 0.834. The molecule has 0 aliphatic heterocycles. The molecule has 1 N–H and O–H groups in total. The van der Waals surface area contributed by atoms with Crippen molar-refractivity contribution in [3.05, 3.63) is 34.4 Å². The van der Waals surface area contributed by atoms with Gasteiger partial charge in [-0.2, -0.15) is 0 Å². The number of thiophene rings is 1. The summed E-state index contributed by atoms with van der Waals surface area (Å²) in [5.74, 6) is 1.09. The minimum Gasteiger partial charge on any atom is -0.444 e. The lowest BCUT2D eigenvalue weighted by atomic mass is 10.4. The average molecular weight is 300 g/mol. The number of hydrogen-bond acceptors (Lipinski definition) is 5. The second-order valence-electron chi connectivity index (χ2n) is 4.14. The van der Waals surface area contributed by atoms with E-state index in [1.54, 1.807) is 19.9 Å². The first-order valence-electron chi connectivity index (χ1n) is 5.93. The van der Waals surface area contributed by atoms with Gasteiger partial charge in [0.25, 0.3) is 0 Å². The summed E-state index contributed by atoms with van der Waals surface area (Å²) >= 11 is 1.29. The van der Waals surface area contributed by atoms with Gasteiger partial charge in [-0.1, -0.05) is 6.92 Å². The number of aromatic nitrogens is 1. The van der Waals surface area contributed by atoms with Crippen LogP contribution >= 0.6 is 11.3 Å². The molecule has 7 heteroatoms. The fraction of sp³-hybridized carbons (Fsp3) is 0.417. The van der Waals surface area contributed by atoms with E-state index in [2.05, 4.69) is 9.71 Å².